The number of aryl methyl sites for hydroxylation is 1. The van der Waals surface area contributed by atoms with Crippen LogP contribution in [-0.2, 0) is 16.0 Å². The summed E-state index contributed by atoms with van der Waals surface area (Å²) in [6.07, 6.45) is 0.192. The molecule has 18 heavy (non-hydrogen) atoms. The molecule has 1 aliphatic heterocycles. The molecule has 0 bridgehead atoms. The van der Waals surface area contributed by atoms with Crippen LogP contribution in [-0.4, -0.2) is 44.5 Å². The van der Waals surface area contributed by atoms with Crippen LogP contribution in [0.2, 0.25) is 0 Å². The summed E-state index contributed by atoms with van der Waals surface area (Å²) in [6, 6.07) is 4.05. The molecule has 100 valence electrons. The number of nitrogens with two attached hydrogens (primary N) is 1. The molecule has 1 aliphatic rings. The summed E-state index contributed by atoms with van der Waals surface area (Å²) in [5, 5.41) is 0. The first-order valence-corrected chi connectivity index (χ1v) is 6.16. The van der Waals surface area contributed by atoms with Gasteiger partial charge in [-0.25, -0.2) is 4.98 Å². The largest absolute Gasteiger partial charge is 0.377 e. The molecule has 0 aromatic carbocycles. The summed E-state index contributed by atoms with van der Waals surface area (Å²) in [6.45, 7) is 4.12. The maximum atomic E-state index is 5.70. The van der Waals surface area contributed by atoms with E-state index in [1.54, 1.807) is 14.2 Å². The van der Waals surface area contributed by atoms with Gasteiger partial charge in [0.15, 0.2) is 0 Å². The Morgan fingerprint density at radius 1 is 1.28 bits per heavy atom. The fourth-order valence-electron chi connectivity index (χ4n) is 2.38. The zero-order chi connectivity index (χ0) is 13.1. The van der Waals surface area contributed by atoms with Crippen molar-refractivity contribution in [2.75, 3.05) is 32.2 Å². The Morgan fingerprint density at radius 2 is 1.89 bits per heavy atom. The van der Waals surface area contributed by atoms with Crippen molar-refractivity contribution in [3.8, 4) is 0 Å². The minimum absolute atomic E-state index is 0.0960. The highest BCUT2D eigenvalue weighted by atomic mass is 16.5. The van der Waals surface area contributed by atoms with Crippen LogP contribution in [0.15, 0.2) is 12.1 Å². The molecule has 2 heterocycles. The van der Waals surface area contributed by atoms with Gasteiger partial charge in [-0.1, -0.05) is 0 Å². The van der Waals surface area contributed by atoms with Crippen LogP contribution in [0.3, 0.4) is 0 Å². The molecule has 0 saturated carbocycles. The van der Waals surface area contributed by atoms with Crippen molar-refractivity contribution in [2.24, 2.45) is 5.73 Å². The van der Waals surface area contributed by atoms with Gasteiger partial charge < -0.3 is 20.1 Å². The first kappa shape index (κ1) is 13.3. The summed E-state index contributed by atoms with van der Waals surface area (Å²) in [7, 11) is 3.43. The highest BCUT2D eigenvalue weighted by Gasteiger charge is 2.33. The van der Waals surface area contributed by atoms with Gasteiger partial charge >= 0.3 is 0 Å². The molecule has 0 spiro atoms. The van der Waals surface area contributed by atoms with Crippen molar-refractivity contribution in [3.63, 3.8) is 0 Å². The Labute approximate surface area is 108 Å². The van der Waals surface area contributed by atoms with Crippen LogP contribution in [0.4, 0.5) is 5.82 Å². The summed E-state index contributed by atoms with van der Waals surface area (Å²) in [4.78, 5) is 6.75. The minimum Gasteiger partial charge on any atom is -0.377 e. The van der Waals surface area contributed by atoms with Crippen molar-refractivity contribution < 1.29 is 9.47 Å². The molecule has 2 unspecified atom stereocenters. The quantitative estimate of drug-likeness (QED) is 0.853. The molecule has 2 N–H and O–H groups in total. The third-order valence-electron chi connectivity index (χ3n) is 3.38. The number of anilines is 1. The van der Waals surface area contributed by atoms with Crippen molar-refractivity contribution in [3.05, 3.63) is 23.4 Å². The van der Waals surface area contributed by atoms with Gasteiger partial charge in [0.2, 0.25) is 0 Å². The number of hydrogen-bond acceptors (Lipinski definition) is 5. The lowest BCUT2D eigenvalue weighted by Crippen LogP contribution is -2.27. The summed E-state index contributed by atoms with van der Waals surface area (Å²) < 4.78 is 10.9. The fraction of sp³-hybridized carbons (Fsp3) is 0.615. The maximum absolute atomic E-state index is 5.70. The molecular weight excluding hydrogens is 230 g/mol. The van der Waals surface area contributed by atoms with Crippen LogP contribution in [0, 0.1) is 6.92 Å². The van der Waals surface area contributed by atoms with Gasteiger partial charge in [-0.15, -0.1) is 0 Å². The van der Waals surface area contributed by atoms with E-state index in [1.165, 1.54) is 0 Å². The Bertz CT molecular complexity index is 399. The molecule has 1 fully saturated rings. The van der Waals surface area contributed by atoms with Crippen LogP contribution < -0.4 is 10.6 Å². The van der Waals surface area contributed by atoms with E-state index >= 15 is 0 Å². The van der Waals surface area contributed by atoms with Gasteiger partial charge in [-0.3, -0.25) is 0 Å². The van der Waals surface area contributed by atoms with E-state index in [2.05, 4.69) is 9.88 Å². The van der Waals surface area contributed by atoms with Crippen LogP contribution in [0.5, 0.6) is 0 Å². The van der Waals surface area contributed by atoms with Crippen molar-refractivity contribution in [1.29, 1.82) is 0 Å². The lowest BCUT2D eigenvalue weighted by Gasteiger charge is -2.18. The molecule has 0 amide bonds. The smallest absolute Gasteiger partial charge is 0.129 e. The van der Waals surface area contributed by atoms with E-state index in [1.807, 2.05) is 19.1 Å². The summed E-state index contributed by atoms with van der Waals surface area (Å²) in [5.74, 6) is 0.956. The number of methoxy groups -OCH3 is 2. The Balaban J connectivity index is 2.20. The number of hydrogen-bond donors (Lipinski definition) is 1. The van der Waals surface area contributed by atoms with E-state index in [0.29, 0.717) is 6.54 Å². The highest BCUT2D eigenvalue weighted by Crippen LogP contribution is 2.23. The SMILES string of the molecule is COC1CN(c2cc(CN)cc(C)n2)CC1OC. The molecule has 1 aromatic rings. The van der Waals surface area contributed by atoms with E-state index in [-0.39, 0.29) is 12.2 Å². The average Bonchev–Trinajstić information content (AvgIpc) is 2.81. The average molecular weight is 251 g/mol. The molecule has 1 saturated heterocycles. The summed E-state index contributed by atoms with van der Waals surface area (Å²) in [5.41, 5.74) is 7.79. The van der Waals surface area contributed by atoms with Crippen molar-refractivity contribution in [2.45, 2.75) is 25.7 Å². The monoisotopic (exact) mass is 251 g/mol. The molecule has 2 atom stereocenters. The Morgan fingerprint density at radius 3 is 2.39 bits per heavy atom. The number of ether oxygens (including phenoxy) is 2. The molecule has 0 radical (unpaired) electrons. The van der Waals surface area contributed by atoms with E-state index in [9.17, 15) is 0 Å². The third-order valence-corrected chi connectivity index (χ3v) is 3.38. The second-order valence-electron chi connectivity index (χ2n) is 4.63. The van der Waals surface area contributed by atoms with Crippen LogP contribution >= 0.6 is 0 Å². The molecule has 2 rings (SSSR count). The Kier molecular flexibility index (Phi) is 4.16. The molecule has 5 heteroatoms. The number of rotatable bonds is 4. The number of nitrogens with zero attached hydrogens (tertiary/aromatic N) is 2. The second-order valence-corrected chi connectivity index (χ2v) is 4.63. The number of aromatic nitrogens is 1. The molecule has 0 aliphatic carbocycles. The maximum Gasteiger partial charge on any atom is 0.129 e. The standard InChI is InChI=1S/C13H21N3O2/c1-9-4-10(6-14)5-13(15-9)16-7-11(17-2)12(8-16)18-3/h4-5,11-12H,6-8,14H2,1-3H3. The minimum atomic E-state index is 0.0960. The van der Waals surface area contributed by atoms with Crippen molar-refractivity contribution in [1.82, 2.24) is 4.98 Å². The van der Waals surface area contributed by atoms with Gasteiger partial charge in [-0.2, -0.15) is 0 Å². The lowest BCUT2D eigenvalue weighted by atomic mass is 10.2. The topological polar surface area (TPSA) is 60.6 Å². The highest BCUT2D eigenvalue weighted by molar-refractivity contribution is 5.44. The predicted molar refractivity (Wildman–Crippen MR) is 70.7 cm³/mol. The fourth-order valence-corrected chi connectivity index (χ4v) is 2.38. The van der Waals surface area contributed by atoms with Crippen molar-refractivity contribution >= 4 is 5.82 Å². The zero-order valence-corrected chi connectivity index (χ0v) is 11.2. The Hall–Kier alpha value is -1.17. The van der Waals surface area contributed by atoms with Crippen LogP contribution in [0.25, 0.3) is 0 Å². The normalized spacial score (nSPS) is 23.7. The van der Waals surface area contributed by atoms with Gasteiger partial charge in [0.1, 0.15) is 18.0 Å². The first-order valence-electron chi connectivity index (χ1n) is 6.16. The lowest BCUT2D eigenvalue weighted by molar-refractivity contribution is -0.00461. The molecule has 5 nitrogen and oxygen atoms in total. The van der Waals surface area contributed by atoms with Gasteiger partial charge in [-0.05, 0) is 24.6 Å². The predicted octanol–water partition coefficient (Wildman–Crippen LogP) is 0.699. The number of pyridine rings is 1. The summed E-state index contributed by atoms with van der Waals surface area (Å²) >= 11 is 0. The molecule has 1 aromatic heterocycles. The van der Waals surface area contributed by atoms with Gasteiger partial charge in [0.25, 0.3) is 0 Å². The van der Waals surface area contributed by atoms with E-state index < -0.39 is 0 Å². The second kappa shape index (κ2) is 5.65. The first-order chi connectivity index (χ1) is 8.67. The third kappa shape index (κ3) is 2.63. The zero-order valence-electron chi connectivity index (χ0n) is 11.2. The van der Waals surface area contributed by atoms with Gasteiger partial charge in [0.05, 0.1) is 0 Å². The van der Waals surface area contributed by atoms with Gasteiger partial charge in [0, 0.05) is 39.5 Å². The van der Waals surface area contributed by atoms with E-state index in [0.717, 1.165) is 30.2 Å². The van der Waals surface area contributed by atoms with E-state index in [4.69, 9.17) is 15.2 Å². The van der Waals surface area contributed by atoms with Crippen LogP contribution in [0.1, 0.15) is 11.3 Å². The molecular formula is C13H21N3O2.